The molecule has 2 rings (SSSR count). The highest BCUT2D eigenvalue weighted by atomic mass is 35.5. The zero-order chi connectivity index (χ0) is 16.7. The van der Waals surface area contributed by atoms with Crippen LogP contribution in [-0.4, -0.2) is 52.5 Å². The average molecular weight is 342 g/mol. The Bertz CT molecular complexity index is 538. The molecule has 1 amide bonds. The fraction of sp³-hybridized carbons (Fsp3) is 0.600. The lowest BCUT2D eigenvalue weighted by Gasteiger charge is -2.32. The molecule has 0 radical (unpaired) electrons. The number of halogens is 1. The van der Waals surface area contributed by atoms with Crippen LogP contribution in [0, 0.1) is 0 Å². The molecule has 0 aromatic carbocycles. The summed E-state index contributed by atoms with van der Waals surface area (Å²) in [5, 5.41) is 0.441. The quantitative estimate of drug-likeness (QED) is 0.734. The van der Waals surface area contributed by atoms with Gasteiger partial charge in [-0.05, 0) is 19.8 Å². The van der Waals surface area contributed by atoms with Gasteiger partial charge in [0, 0.05) is 13.0 Å². The predicted molar refractivity (Wildman–Crippen MR) is 83.1 cm³/mol. The van der Waals surface area contributed by atoms with Crippen molar-refractivity contribution < 1.29 is 19.1 Å². The third-order valence-corrected chi connectivity index (χ3v) is 3.64. The van der Waals surface area contributed by atoms with E-state index in [4.69, 9.17) is 21.1 Å². The molecule has 1 aromatic heterocycles. The minimum atomic E-state index is -0.347. The first kappa shape index (κ1) is 17.5. The number of ether oxygens (including phenoxy) is 2. The lowest BCUT2D eigenvalue weighted by molar-refractivity contribution is -0.146. The molecular weight excluding hydrogens is 322 g/mol. The monoisotopic (exact) mass is 341 g/mol. The molecule has 23 heavy (non-hydrogen) atoms. The van der Waals surface area contributed by atoms with Gasteiger partial charge >= 0.3 is 12.0 Å². The van der Waals surface area contributed by atoms with Crippen LogP contribution in [0.4, 0.5) is 0 Å². The van der Waals surface area contributed by atoms with Crippen LogP contribution in [0.3, 0.4) is 0 Å². The summed E-state index contributed by atoms with van der Waals surface area (Å²) in [4.78, 5) is 33.2. The molecule has 0 bridgehead atoms. The maximum atomic E-state index is 12.2. The highest BCUT2D eigenvalue weighted by molar-refractivity contribution is 6.30. The molecule has 1 aromatic rings. The summed E-state index contributed by atoms with van der Waals surface area (Å²) in [6.45, 7) is 3.20. The number of hydrogen-bond acceptors (Lipinski definition) is 6. The van der Waals surface area contributed by atoms with E-state index in [1.165, 1.54) is 12.4 Å². The van der Waals surface area contributed by atoms with Gasteiger partial charge in [-0.3, -0.25) is 9.59 Å². The van der Waals surface area contributed by atoms with Crippen LogP contribution in [0.1, 0.15) is 32.6 Å². The molecule has 126 valence electrons. The van der Waals surface area contributed by atoms with Gasteiger partial charge in [-0.2, -0.15) is 0 Å². The summed E-state index contributed by atoms with van der Waals surface area (Å²) in [5.74, 6) is -0.413. The van der Waals surface area contributed by atoms with E-state index in [0.717, 1.165) is 12.8 Å². The number of likely N-dealkylation sites (tertiary alicyclic amines) is 1. The van der Waals surface area contributed by atoms with Crippen LogP contribution in [0.25, 0.3) is 0 Å². The summed E-state index contributed by atoms with van der Waals surface area (Å²) in [6, 6.07) is 0.250. The Kier molecular flexibility index (Phi) is 6.58. The normalized spacial score (nSPS) is 17.7. The van der Waals surface area contributed by atoms with Crippen molar-refractivity contribution in [1.29, 1.82) is 0 Å². The van der Waals surface area contributed by atoms with E-state index in [0.29, 0.717) is 24.7 Å². The zero-order valence-corrected chi connectivity index (χ0v) is 13.8. The fourth-order valence-corrected chi connectivity index (χ4v) is 2.47. The second-order valence-corrected chi connectivity index (χ2v) is 5.65. The molecule has 1 fully saturated rings. The maximum absolute atomic E-state index is 12.2. The summed E-state index contributed by atoms with van der Waals surface area (Å²) < 4.78 is 10.5. The smallest absolute Gasteiger partial charge is 0.316 e. The van der Waals surface area contributed by atoms with Gasteiger partial charge in [0.05, 0.1) is 37.0 Å². The van der Waals surface area contributed by atoms with Gasteiger partial charge in [-0.1, -0.05) is 11.6 Å². The third kappa shape index (κ3) is 5.67. The van der Waals surface area contributed by atoms with Gasteiger partial charge in [0.25, 0.3) is 0 Å². The van der Waals surface area contributed by atoms with Gasteiger partial charge in [-0.25, -0.2) is 9.97 Å². The topological polar surface area (TPSA) is 81.6 Å². The van der Waals surface area contributed by atoms with E-state index in [2.05, 4.69) is 9.97 Å². The Balaban J connectivity index is 1.81. The molecule has 0 spiro atoms. The number of esters is 1. The van der Waals surface area contributed by atoms with E-state index in [-0.39, 0.29) is 36.8 Å². The van der Waals surface area contributed by atoms with Crippen LogP contribution >= 0.6 is 11.6 Å². The van der Waals surface area contributed by atoms with Gasteiger partial charge in [0.15, 0.2) is 0 Å². The van der Waals surface area contributed by atoms with Crippen molar-refractivity contribution in [3.05, 3.63) is 17.4 Å². The van der Waals surface area contributed by atoms with Crippen LogP contribution in [0.2, 0.25) is 5.02 Å². The maximum Gasteiger partial charge on any atom is 0.316 e. The molecule has 0 saturated carbocycles. The molecule has 1 aliphatic heterocycles. The highest BCUT2D eigenvalue weighted by Gasteiger charge is 2.25. The van der Waals surface area contributed by atoms with Gasteiger partial charge in [0.2, 0.25) is 5.91 Å². The Hall–Kier alpha value is -1.89. The number of hydrogen-bond donors (Lipinski definition) is 0. The Labute approximate surface area is 139 Å². The summed E-state index contributed by atoms with van der Waals surface area (Å²) >= 11 is 5.73. The Morgan fingerprint density at radius 3 is 2.78 bits per heavy atom. The molecule has 1 saturated heterocycles. The van der Waals surface area contributed by atoms with E-state index in [1.54, 1.807) is 11.8 Å². The largest absolute Gasteiger partial charge is 0.466 e. The summed E-state index contributed by atoms with van der Waals surface area (Å²) in [7, 11) is 0. The Morgan fingerprint density at radius 2 is 2.09 bits per heavy atom. The number of rotatable bonds is 6. The van der Waals surface area contributed by atoms with Crippen molar-refractivity contribution in [3.8, 4) is 6.01 Å². The molecule has 1 aliphatic rings. The van der Waals surface area contributed by atoms with Crippen molar-refractivity contribution in [2.45, 2.75) is 38.7 Å². The first-order valence-corrected chi connectivity index (χ1v) is 8.04. The lowest BCUT2D eigenvalue weighted by atomic mass is 10.1. The van der Waals surface area contributed by atoms with Gasteiger partial charge in [-0.15, -0.1) is 0 Å². The fourth-order valence-electron chi connectivity index (χ4n) is 2.37. The predicted octanol–water partition coefficient (Wildman–Crippen LogP) is 1.84. The van der Waals surface area contributed by atoms with E-state index < -0.39 is 0 Å². The second kappa shape index (κ2) is 8.67. The number of carbonyl (C=O) groups excluding carboxylic acids is 2. The van der Waals surface area contributed by atoms with Crippen molar-refractivity contribution in [1.82, 2.24) is 14.9 Å². The SMILES string of the molecule is CCOC(=O)CCC(=O)N1CCCC(Oc2ncc(Cl)cn2)C1. The van der Waals surface area contributed by atoms with Crippen LogP contribution in [0.15, 0.2) is 12.4 Å². The second-order valence-electron chi connectivity index (χ2n) is 5.21. The number of nitrogens with zero attached hydrogens (tertiary/aromatic N) is 3. The molecule has 1 atom stereocenters. The van der Waals surface area contributed by atoms with Gasteiger partial charge < -0.3 is 14.4 Å². The van der Waals surface area contributed by atoms with Gasteiger partial charge in [0.1, 0.15) is 6.10 Å². The molecule has 1 unspecified atom stereocenters. The standard InChI is InChI=1S/C15H20ClN3O4/c1-2-22-14(21)6-5-13(20)19-7-3-4-12(10-19)23-15-17-8-11(16)9-18-15/h8-9,12H,2-7,10H2,1H3. The van der Waals surface area contributed by atoms with Crippen LogP contribution in [-0.2, 0) is 14.3 Å². The number of piperidine rings is 1. The third-order valence-electron chi connectivity index (χ3n) is 3.45. The van der Waals surface area contributed by atoms with E-state index in [9.17, 15) is 9.59 Å². The zero-order valence-electron chi connectivity index (χ0n) is 13.0. The molecule has 7 nitrogen and oxygen atoms in total. The minimum Gasteiger partial charge on any atom is -0.466 e. The molecule has 2 heterocycles. The van der Waals surface area contributed by atoms with Crippen LogP contribution < -0.4 is 4.74 Å². The van der Waals surface area contributed by atoms with E-state index >= 15 is 0 Å². The number of aromatic nitrogens is 2. The lowest BCUT2D eigenvalue weighted by Crippen LogP contribution is -2.44. The Morgan fingerprint density at radius 1 is 1.35 bits per heavy atom. The first-order chi connectivity index (χ1) is 11.1. The number of carbonyl (C=O) groups is 2. The summed E-state index contributed by atoms with van der Waals surface area (Å²) in [5.41, 5.74) is 0. The molecular formula is C15H20ClN3O4. The van der Waals surface area contributed by atoms with Crippen LogP contribution in [0.5, 0.6) is 6.01 Å². The minimum absolute atomic E-state index is 0.0663. The van der Waals surface area contributed by atoms with Crippen molar-refractivity contribution >= 4 is 23.5 Å². The number of amides is 1. The van der Waals surface area contributed by atoms with E-state index in [1.807, 2.05) is 0 Å². The molecule has 8 heteroatoms. The van der Waals surface area contributed by atoms with Crippen molar-refractivity contribution in [2.75, 3.05) is 19.7 Å². The summed E-state index contributed by atoms with van der Waals surface area (Å²) in [6.07, 6.45) is 4.70. The van der Waals surface area contributed by atoms with Crippen molar-refractivity contribution in [3.63, 3.8) is 0 Å². The molecule has 0 N–H and O–H groups in total. The average Bonchev–Trinajstić information content (AvgIpc) is 2.55. The van der Waals surface area contributed by atoms with Crippen molar-refractivity contribution in [2.24, 2.45) is 0 Å². The molecule has 0 aliphatic carbocycles. The highest BCUT2D eigenvalue weighted by Crippen LogP contribution is 2.17. The first-order valence-electron chi connectivity index (χ1n) is 7.66.